The van der Waals surface area contributed by atoms with Crippen molar-refractivity contribution in [2.75, 3.05) is 18.5 Å². The Labute approximate surface area is 245 Å². The summed E-state index contributed by atoms with van der Waals surface area (Å²) in [5, 5.41) is 5.26. The third kappa shape index (κ3) is 7.61. The molecule has 1 amide bonds. The normalized spacial score (nSPS) is 14.6. The van der Waals surface area contributed by atoms with Gasteiger partial charge in [-0.1, -0.05) is 87.8 Å². The average Bonchev–Trinajstić information content (AvgIpc) is 3.32. The number of anilines is 1. The number of carbonyl (C=O) groups is 1. The summed E-state index contributed by atoms with van der Waals surface area (Å²) in [6.45, 7) is 0.724. The highest BCUT2D eigenvalue weighted by molar-refractivity contribution is 6.42. The highest BCUT2D eigenvalue weighted by Crippen LogP contribution is 2.33. The van der Waals surface area contributed by atoms with E-state index in [9.17, 15) is 4.79 Å². The van der Waals surface area contributed by atoms with Crippen molar-refractivity contribution in [2.24, 2.45) is 0 Å². The van der Waals surface area contributed by atoms with Crippen molar-refractivity contribution in [3.05, 3.63) is 109 Å². The lowest BCUT2D eigenvalue weighted by Gasteiger charge is -2.31. The number of nitrogens with one attached hydrogen (secondary N) is 1. The molecule has 4 rings (SSSR count). The molecule has 1 N–H and O–H groups in total. The van der Waals surface area contributed by atoms with Gasteiger partial charge in [0.25, 0.3) is 0 Å². The monoisotopic (exact) mass is 617 g/mol. The van der Waals surface area contributed by atoms with Gasteiger partial charge in [-0.25, -0.2) is 0 Å². The third-order valence-corrected chi connectivity index (χ3v) is 7.62. The molecule has 0 saturated carbocycles. The molecule has 1 heterocycles. The van der Waals surface area contributed by atoms with E-state index in [1.165, 1.54) is 0 Å². The van der Waals surface area contributed by atoms with Crippen LogP contribution in [-0.4, -0.2) is 34.4 Å². The van der Waals surface area contributed by atoms with Crippen LogP contribution in [0.15, 0.2) is 73.1 Å². The number of carbonyl (C=O) groups excluding carboxylic acids is 1. The van der Waals surface area contributed by atoms with Gasteiger partial charge in [-0.15, -0.1) is 0 Å². The minimum Gasteiger partial charge on any atom is -0.365 e. The van der Waals surface area contributed by atoms with Crippen LogP contribution in [0.1, 0.15) is 17.2 Å². The van der Waals surface area contributed by atoms with Crippen LogP contribution >= 0.6 is 69.6 Å². The van der Waals surface area contributed by atoms with Crippen LogP contribution < -0.4 is 5.32 Å². The van der Waals surface area contributed by atoms with E-state index >= 15 is 0 Å². The molecule has 2 unspecified atom stereocenters. The fourth-order valence-corrected chi connectivity index (χ4v) is 4.92. The maximum Gasteiger partial charge on any atom is 0.243 e. The Kier molecular flexibility index (Phi) is 9.76. The van der Waals surface area contributed by atoms with E-state index in [0.29, 0.717) is 37.5 Å². The number of hydrogen-bond donors (Lipinski definition) is 1. The summed E-state index contributed by atoms with van der Waals surface area (Å²) in [5.74, 6) is -0.209. The Hall–Kier alpha value is -1.83. The summed E-state index contributed by atoms with van der Waals surface area (Å²) in [6.07, 6.45) is 3.10. The van der Waals surface area contributed by atoms with Crippen molar-refractivity contribution in [3.8, 4) is 0 Å². The Morgan fingerprint density at radius 1 is 0.865 bits per heavy atom. The zero-order valence-electron chi connectivity index (χ0n) is 19.2. The molecule has 194 valence electrons. The first-order valence-corrected chi connectivity index (χ1v) is 13.4. The van der Waals surface area contributed by atoms with Gasteiger partial charge in [-0.2, -0.15) is 0 Å². The van der Waals surface area contributed by atoms with Gasteiger partial charge >= 0.3 is 0 Å². The number of rotatable bonds is 9. The van der Waals surface area contributed by atoms with Gasteiger partial charge < -0.3 is 19.9 Å². The summed E-state index contributed by atoms with van der Waals surface area (Å²) in [4.78, 5) is 16.3. The van der Waals surface area contributed by atoms with E-state index in [4.69, 9.17) is 74.3 Å². The fraction of sp³-hybridized carbons (Fsp3) is 0.192. The molecule has 0 bridgehead atoms. The summed E-state index contributed by atoms with van der Waals surface area (Å²) in [5.41, 5.74) is 1.60. The van der Waals surface area contributed by atoms with Crippen LogP contribution in [-0.2, 0) is 16.1 Å². The van der Waals surface area contributed by atoms with Crippen molar-refractivity contribution >= 4 is 81.2 Å². The number of benzene rings is 3. The van der Waals surface area contributed by atoms with E-state index in [1.54, 1.807) is 48.7 Å². The van der Waals surface area contributed by atoms with Gasteiger partial charge in [0.1, 0.15) is 11.6 Å². The van der Waals surface area contributed by atoms with Gasteiger partial charge in [0, 0.05) is 33.2 Å². The quantitative estimate of drug-likeness (QED) is 0.193. The molecule has 3 aromatic rings. The fourth-order valence-electron chi connectivity index (χ4n) is 3.68. The highest BCUT2D eigenvalue weighted by atomic mass is 35.5. The summed E-state index contributed by atoms with van der Waals surface area (Å²) < 4.78 is 6.27. The molecule has 0 fully saturated rings. The first-order valence-electron chi connectivity index (χ1n) is 11.1. The lowest BCUT2D eigenvalue weighted by Crippen LogP contribution is -2.38. The predicted molar refractivity (Wildman–Crippen MR) is 153 cm³/mol. The molecule has 37 heavy (non-hydrogen) atoms. The number of halogens is 6. The minimum atomic E-state index is -0.591. The zero-order valence-corrected chi connectivity index (χ0v) is 23.7. The van der Waals surface area contributed by atoms with Crippen molar-refractivity contribution in [1.29, 1.82) is 0 Å². The third-order valence-electron chi connectivity index (χ3n) is 5.56. The van der Waals surface area contributed by atoms with Crippen molar-refractivity contribution in [1.82, 2.24) is 9.80 Å². The molecule has 11 heteroatoms. The van der Waals surface area contributed by atoms with Crippen LogP contribution in [0.2, 0.25) is 25.1 Å². The van der Waals surface area contributed by atoms with Crippen LogP contribution in [0.4, 0.5) is 5.69 Å². The molecule has 0 radical (unpaired) electrons. The molecular weight excluding hydrogens is 599 g/mol. The molecule has 0 aliphatic carbocycles. The highest BCUT2D eigenvalue weighted by Gasteiger charge is 2.30. The van der Waals surface area contributed by atoms with Crippen molar-refractivity contribution < 1.29 is 9.53 Å². The van der Waals surface area contributed by atoms with E-state index in [-0.39, 0.29) is 19.1 Å². The van der Waals surface area contributed by atoms with E-state index in [0.717, 1.165) is 11.1 Å². The Balaban J connectivity index is 1.41. The molecule has 5 nitrogen and oxygen atoms in total. The smallest absolute Gasteiger partial charge is 0.243 e. The average molecular weight is 620 g/mol. The number of nitrogens with zero attached hydrogens (tertiary/aromatic N) is 2. The van der Waals surface area contributed by atoms with Crippen LogP contribution in [0.3, 0.4) is 0 Å². The Morgan fingerprint density at radius 3 is 2.30 bits per heavy atom. The lowest BCUT2D eigenvalue weighted by atomic mass is 10.1. The van der Waals surface area contributed by atoms with E-state index in [2.05, 4.69) is 5.32 Å². The van der Waals surface area contributed by atoms with E-state index in [1.807, 2.05) is 34.2 Å². The molecule has 3 aromatic carbocycles. The first kappa shape index (κ1) is 28.2. The van der Waals surface area contributed by atoms with Crippen LogP contribution in [0.5, 0.6) is 0 Å². The zero-order chi connectivity index (χ0) is 26.5. The van der Waals surface area contributed by atoms with Crippen LogP contribution in [0.25, 0.3) is 0 Å². The number of hydrogen-bond acceptors (Lipinski definition) is 4. The molecule has 0 saturated heterocycles. The second-order valence-electron chi connectivity index (χ2n) is 8.27. The molecule has 0 spiro atoms. The molecule has 1 aliphatic heterocycles. The number of alkyl halides is 1. The van der Waals surface area contributed by atoms with Gasteiger partial charge in [0.15, 0.2) is 0 Å². The summed E-state index contributed by atoms with van der Waals surface area (Å²) in [6, 6.07) is 17.5. The number of amides is 1. The Bertz CT molecular complexity index is 1290. The Morgan fingerprint density at radius 2 is 1.59 bits per heavy atom. The molecule has 1 aliphatic rings. The molecule has 2 atom stereocenters. The van der Waals surface area contributed by atoms with Gasteiger partial charge in [-0.05, 0) is 53.6 Å². The maximum atomic E-state index is 12.6. The lowest BCUT2D eigenvalue weighted by molar-refractivity contribution is -0.117. The maximum absolute atomic E-state index is 12.6. The summed E-state index contributed by atoms with van der Waals surface area (Å²) in [7, 11) is 0. The standard InChI is InChI=1S/C26H21Cl6N3O2/c27-18-4-1-16(2-5-18)25(37-14-17-3-6-19(28)11-22(17)30)26(32)35-10-9-34(15-35)13-24(36)33-20-7-8-21(29)23(31)12-20/h1-12,25-26H,13-15H2,(H,33,36). The van der Waals surface area contributed by atoms with Gasteiger partial charge in [-0.3, -0.25) is 4.79 Å². The summed E-state index contributed by atoms with van der Waals surface area (Å²) >= 11 is 37.3. The SMILES string of the molecule is O=C(CN1C=CN(C(Cl)C(OCc2ccc(Cl)cc2Cl)c2ccc(Cl)cc2)C1)Nc1ccc(Cl)c(Cl)c1. The van der Waals surface area contributed by atoms with Gasteiger partial charge in [0.2, 0.25) is 5.91 Å². The van der Waals surface area contributed by atoms with Gasteiger partial charge in [0.05, 0.1) is 29.9 Å². The van der Waals surface area contributed by atoms with Crippen LogP contribution in [0, 0.1) is 0 Å². The first-order chi connectivity index (χ1) is 17.7. The molecule has 0 aromatic heterocycles. The topological polar surface area (TPSA) is 44.8 Å². The minimum absolute atomic E-state index is 0.115. The number of ether oxygens (including phenoxy) is 1. The van der Waals surface area contributed by atoms with E-state index < -0.39 is 11.6 Å². The second-order valence-corrected chi connectivity index (χ2v) is 10.8. The van der Waals surface area contributed by atoms with Crippen molar-refractivity contribution in [3.63, 3.8) is 0 Å². The second kappa shape index (κ2) is 12.8. The van der Waals surface area contributed by atoms with Crippen molar-refractivity contribution in [2.45, 2.75) is 18.2 Å². The molecular formula is C26H21Cl6N3O2. The largest absolute Gasteiger partial charge is 0.365 e. The predicted octanol–water partition coefficient (Wildman–Crippen LogP) is 8.46.